The van der Waals surface area contributed by atoms with Crippen molar-refractivity contribution >= 4 is 28.9 Å². The first-order valence-corrected chi connectivity index (χ1v) is 3.30. The number of hydrogen-bond acceptors (Lipinski definition) is 1. The molecule has 1 N–H and O–H groups in total. The van der Waals surface area contributed by atoms with Gasteiger partial charge in [-0.05, 0) is 6.08 Å². The van der Waals surface area contributed by atoms with Gasteiger partial charge in [-0.15, -0.1) is 11.6 Å². The summed E-state index contributed by atoms with van der Waals surface area (Å²) in [5, 5.41) is 7.30. The van der Waals surface area contributed by atoms with Crippen molar-refractivity contribution in [1.29, 1.82) is 5.41 Å². The molecule has 1 nitrogen and oxygen atoms in total. The summed E-state index contributed by atoms with van der Waals surface area (Å²) in [5.74, 6) is 0. The third-order valence-electron chi connectivity index (χ3n) is 1.06. The monoisotopic (exact) mass is 287 g/mol. The predicted octanol–water partition coefficient (Wildman–Crippen LogP) is -3.69. The minimum absolute atomic E-state index is 0. The van der Waals surface area contributed by atoms with E-state index in [2.05, 4.69) is 0 Å². The van der Waals surface area contributed by atoms with Gasteiger partial charge >= 0.3 is 17.1 Å². The van der Waals surface area contributed by atoms with Gasteiger partial charge in [0.2, 0.25) is 0 Å². The average Bonchev–Trinajstić information content (AvgIpc) is 1.83. The van der Waals surface area contributed by atoms with E-state index in [-0.39, 0.29) is 53.0 Å². The zero-order valence-electron chi connectivity index (χ0n) is 5.67. The molecule has 0 heterocycles. The molecule has 12 heavy (non-hydrogen) atoms. The van der Waals surface area contributed by atoms with Crippen molar-refractivity contribution in [3.05, 3.63) is 23.3 Å². The van der Waals surface area contributed by atoms with Crippen molar-refractivity contribution in [2.45, 2.75) is 5.38 Å². The third kappa shape index (κ3) is 4.76. The van der Waals surface area contributed by atoms with Gasteiger partial charge in [-0.25, -0.2) is 0 Å². The van der Waals surface area contributed by atoms with Crippen molar-refractivity contribution in [3.63, 3.8) is 0 Å². The molecule has 70 valence electrons. The fourth-order valence-electron chi connectivity index (χ4n) is 0.555. The standard InChI is InChI=1S/C6H5Cl2N.2ClH.Fe/c7-4-2-1-3-5(8)6(4)9;;;/h1-4,9H;2*1H;/q;;;+2/p-2. The third-order valence-corrected chi connectivity index (χ3v) is 1.75. The van der Waals surface area contributed by atoms with Crippen molar-refractivity contribution in [2.24, 2.45) is 0 Å². The summed E-state index contributed by atoms with van der Waals surface area (Å²) in [6.07, 6.45) is 5.12. The normalized spacial score (nSPS) is 19.7. The van der Waals surface area contributed by atoms with Crippen LogP contribution in [0.15, 0.2) is 23.3 Å². The molecule has 0 aromatic carbocycles. The minimum atomic E-state index is -0.345. The van der Waals surface area contributed by atoms with E-state index in [0.29, 0.717) is 5.03 Å². The van der Waals surface area contributed by atoms with Gasteiger partial charge in [0.25, 0.3) is 0 Å². The topological polar surface area (TPSA) is 23.9 Å². The zero-order valence-corrected chi connectivity index (χ0v) is 9.80. The van der Waals surface area contributed by atoms with E-state index in [1.54, 1.807) is 18.2 Å². The first kappa shape index (κ1) is 18.6. The van der Waals surface area contributed by atoms with Crippen molar-refractivity contribution in [3.8, 4) is 0 Å². The second-order valence-electron chi connectivity index (χ2n) is 1.71. The molecule has 0 aromatic rings. The van der Waals surface area contributed by atoms with Crippen LogP contribution < -0.4 is 24.8 Å². The Hall–Kier alpha value is 0.829. The molecule has 0 saturated heterocycles. The van der Waals surface area contributed by atoms with Gasteiger partial charge < -0.3 is 30.2 Å². The van der Waals surface area contributed by atoms with Gasteiger partial charge in [-0.2, -0.15) is 0 Å². The summed E-state index contributed by atoms with van der Waals surface area (Å²) in [6.45, 7) is 0. The van der Waals surface area contributed by atoms with Crippen LogP contribution in [0.25, 0.3) is 0 Å². The summed E-state index contributed by atoms with van der Waals surface area (Å²) >= 11 is 11.2. The Labute approximate surface area is 104 Å². The van der Waals surface area contributed by atoms with Gasteiger partial charge in [0.05, 0.1) is 16.1 Å². The number of alkyl halides is 1. The first-order chi connectivity index (χ1) is 4.22. The SMILES string of the molecule is N=C1C(Cl)=CC=CC1Cl.[Cl-].[Cl-].[Fe+2]. The maximum atomic E-state index is 7.22. The molecule has 1 atom stereocenters. The zero-order chi connectivity index (χ0) is 6.85. The predicted molar refractivity (Wildman–Crippen MR) is 40.4 cm³/mol. The van der Waals surface area contributed by atoms with E-state index < -0.39 is 0 Å². The molecule has 0 aromatic heterocycles. The Kier molecular flexibility index (Phi) is 13.1. The van der Waals surface area contributed by atoms with Crippen molar-refractivity contribution in [2.75, 3.05) is 0 Å². The molecule has 0 fully saturated rings. The number of nitrogens with one attached hydrogen (secondary N) is 1. The van der Waals surface area contributed by atoms with Crippen molar-refractivity contribution < 1.29 is 41.9 Å². The molecular weight excluding hydrogens is 284 g/mol. The molecule has 0 amide bonds. The largest absolute Gasteiger partial charge is 2.00 e. The van der Waals surface area contributed by atoms with Crippen LogP contribution >= 0.6 is 23.2 Å². The Morgan fingerprint density at radius 2 is 1.83 bits per heavy atom. The van der Waals surface area contributed by atoms with Gasteiger partial charge in [-0.1, -0.05) is 23.8 Å². The summed E-state index contributed by atoms with van der Waals surface area (Å²) < 4.78 is 0. The summed E-state index contributed by atoms with van der Waals surface area (Å²) in [6, 6.07) is 0. The maximum Gasteiger partial charge on any atom is 2.00 e. The molecule has 1 rings (SSSR count). The second kappa shape index (κ2) is 8.43. The Balaban J connectivity index is -0.000000270. The van der Waals surface area contributed by atoms with Crippen LogP contribution in [0.5, 0.6) is 0 Å². The van der Waals surface area contributed by atoms with Gasteiger partial charge in [0, 0.05) is 0 Å². The Morgan fingerprint density at radius 1 is 1.33 bits per heavy atom. The molecule has 1 unspecified atom stereocenters. The summed E-state index contributed by atoms with van der Waals surface area (Å²) in [5.41, 5.74) is 0.279. The quantitative estimate of drug-likeness (QED) is 0.351. The fourth-order valence-corrected chi connectivity index (χ4v) is 1.00. The number of allylic oxidation sites excluding steroid dienone is 4. The van der Waals surface area contributed by atoms with E-state index in [4.69, 9.17) is 28.6 Å². The van der Waals surface area contributed by atoms with E-state index in [0.717, 1.165) is 0 Å². The molecule has 0 spiro atoms. The number of halogens is 4. The number of hydrogen-bond donors (Lipinski definition) is 1. The van der Waals surface area contributed by atoms with Crippen LogP contribution in [0, 0.1) is 5.41 Å². The van der Waals surface area contributed by atoms with E-state index in [1.165, 1.54) is 0 Å². The van der Waals surface area contributed by atoms with Gasteiger partial charge in [0.1, 0.15) is 0 Å². The molecule has 1 aliphatic carbocycles. The maximum absolute atomic E-state index is 7.22. The molecule has 0 saturated carbocycles. The molecule has 6 heteroatoms. The van der Waals surface area contributed by atoms with E-state index in [9.17, 15) is 0 Å². The fraction of sp³-hybridized carbons (Fsp3) is 0.167. The minimum Gasteiger partial charge on any atom is -1.00 e. The Bertz CT molecular complexity index is 202. The van der Waals surface area contributed by atoms with Crippen molar-refractivity contribution in [1.82, 2.24) is 0 Å². The Morgan fingerprint density at radius 3 is 2.17 bits per heavy atom. The smallest absolute Gasteiger partial charge is 1.00 e. The molecule has 0 bridgehead atoms. The van der Waals surface area contributed by atoms with Crippen LogP contribution in [0.2, 0.25) is 0 Å². The van der Waals surface area contributed by atoms with E-state index in [1.807, 2.05) is 0 Å². The van der Waals surface area contributed by atoms with Crippen LogP contribution in [-0.4, -0.2) is 11.1 Å². The van der Waals surface area contributed by atoms with Crippen LogP contribution in [-0.2, 0) is 17.1 Å². The van der Waals surface area contributed by atoms with Crippen LogP contribution in [0.1, 0.15) is 0 Å². The molecule has 0 aliphatic heterocycles. The average molecular weight is 289 g/mol. The van der Waals surface area contributed by atoms with Crippen LogP contribution in [0.4, 0.5) is 0 Å². The molecule has 1 aliphatic rings. The van der Waals surface area contributed by atoms with Gasteiger partial charge in [0.15, 0.2) is 0 Å². The second-order valence-corrected chi connectivity index (χ2v) is 2.59. The molecule has 0 radical (unpaired) electrons. The van der Waals surface area contributed by atoms with Crippen LogP contribution in [0.3, 0.4) is 0 Å². The van der Waals surface area contributed by atoms with E-state index >= 15 is 0 Å². The molecular formula is C6H5Cl4FeN. The first-order valence-electron chi connectivity index (χ1n) is 2.48. The number of rotatable bonds is 0. The summed E-state index contributed by atoms with van der Waals surface area (Å²) in [4.78, 5) is 0. The summed E-state index contributed by atoms with van der Waals surface area (Å²) in [7, 11) is 0. The van der Waals surface area contributed by atoms with Gasteiger partial charge in [-0.3, -0.25) is 0 Å².